The molecular weight excluding hydrogens is 159 g/mol. The minimum absolute atomic E-state index is 0. The van der Waals surface area contributed by atoms with Crippen LogP contribution in [-0.2, 0) is 15.2 Å². The summed E-state index contributed by atoms with van der Waals surface area (Å²) in [6.45, 7) is 5.81. The van der Waals surface area contributed by atoms with Gasteiger partial charge in [-0.25, -0.2) is 8.42 Å². The molecule has 0 heterocycles. The SMILES string of the molecule is CC(C)CC(C)O[SH](=O)=O.[LiH]. The maximum absolute atomic E-state index is 10.0. The molecule has 0 aromatic rings. The van der Waals surface area contributed by atoms with Crippen molar-refractivity contribution in [3.8, 4) is 0 Å². The normalized spacial score (nSPS) is 13.2. The van der Waals surface area contributed by atoms with E-state index >= 15 is 0 Å². The number of thiol groups is 1. The fourth-order valence-electron chi connectivity index (χ4n) is 0.854. The van der Waals surface area contributed by atoms with Crippen molar-refractivity contribution in [1.82, 2.24) is 0 Å². The van der Waals surface area contributed by atoms with E-state index in [0.717, 1.165) is 6.42 Å². The average molecular weight is 174 g/mol. The van der Waals surface area contributed by atoms with Crippen LogP contribution in [0.25, 0.3) is 0 Å². The second-order valence-electron chi connectivity index (χ2n) is 2.77. The maximum atomic E-state index is 10.0. The predicted molar refractivity (Wildman–Crippen MR) is 47.5 cm³/mol. The topological polar surface area (TPSA) is 43.4 Å². The van der Waals surface area contributed by atoms with Gasteiger partial charge in [-0.15, -0.1) is 0 Å². The molecule has 0 aliphatic heterocycles. The van der Waals surface area contributed by atoms with E-state index in [2.05, 4.69) is 4.18 Å². The van der Waals surface area contributed by atoms with E-state index in [1.165, 1.54) is 0 Å². The third kappa shape index (κ3) is 10.5. The van der Waals surface area contributed by atoms with Crippen molar-refractivity contribution in [3.63, 3.8) is 0 Å². The zero-order valence-corrected chi connectivity index (χ0v) is 7.43. The zero-order valence-electron chi connectivity index (χ0n) is 6.53. The fourth-order valence-corrected chi connectivity index (χ4v) is 1.23. The summed E-state index contributed by atoms with van der Waals surface area (Å²) in [5.74, 6) is 0.477. The van der Waals surface area contributed by atoms with Gasteiger partial charge < -0.3 is 0 Å². The van der Waals surface area contributed by atoms with Gasteiger partial charge in [0.15, 0.2) is 0 Å². The van der Waals surface area contributed by atoms with Crippen LogP contribution in [0.2, 0.25) is 0 Å². The van der Waals surface area contributed by atoms with Gasteiger partial charge in [-0.3, -0.25) is 4.18 Å². The van der Waals surface area contributed by atoms with Gasteiger partial charge in [0.1, 0.15) is 0 Å². The standard InChI is InChI=1S/C6H14O3S.Li.H/c1-5(2)4-6(3)9-10(7)8;;/h5-6,10H,4H2,1-3H3;;. The molecule has 1 unspecified atom stereocenters. The first kappa shape index (κ1) is 14.1. The summed E-state index contributed by atoms with van der Waals surface area (Å²) in [6.07, 6.45) is 0.602. The summed E-state index contributed by atoms with van der Waals surface area (Å²) in [7, 11) is -2.67. The van der Waals surface area contributed by atoms with Gasteiger partial charge in [-0.1, -0.05) is 13.8 Å². The van der Waals surface area contributed by atoms with Gasteiger partial charge in [0.2, 0.25) is 0 Å². The fraction of sp³-hybridized carbons (Fsp3) is 1.00. The number of hydrogen-bond donors (Lipinski definition) is 1. The van der Waals surface area contributed by atoms with Gasteiger partial charge in [0.25, 0.3) is 11.0 Å². The molecule has 64 valence electrons. The van der Waals surface area contributed by atoms with Crippen molar-refractivity contribution in [2.75, 3.05) is 0 Å². The monoisotopic (exact) mass is 174 g/mol. The van der Waals surface area contributed by atoms with Crippen molar-refractivity contribution < 1.29 is 12.6 Å². The van der Waals surface area contributed by atoms with E-state index in [4.69, 9.17) is 0 Å². The molecule has 0 radical (unpaired) electrons. The number of rotatable bonds is 4. The molecule has 0 aliphatic rings. The second kappa shape index (κ2) is 7.17. The van der Waals surface area contributed by atoms with E-state index in [-0.39, 0.29) is 25.0 Å². The number of hydrogen-bond acceptors (Lipinski definition) is 3. The van der Waals surface area contributed by atoms with Crippen LogP contribution >= 0.6 is 0 Å². The molecule has 0 N–H and O–H groups in total. The quantitative estimate of drug-likeness (QED) is 0.493. The summed E-state index contributed by atoms with van der Waals surface area (Å²) < 4.78 is 24.5. The Hall–Kier alpha value is 0.507. The molecule has 0 aliphatic carbocycles. The Morgan fingerprint density at radius 3 is 2.00 bits per heavy atom. The molecule has 0 bridgehead atoms. The van der Waals surface area contributed by atoms with Crippen molar-refractivity contribution in [2.45, 2.75) is 33.3 Å². The Morgan fingerprint density at radius 1 is 1.27 bits per heavy atom. The van der Waals surface area contributed by atoms with Crippen molar-refractivity contribution in [2.24, 2.45) is 5.92 Å². The zero-order chi connectivity index (χ0) is 8.15. The molecule has 11 heavy (non-hydrogen) atoms. The average Bonchev–Trinajstić information content (AvgIpc) is 1.58. The summed E-state index contributed by atoms with van der Waals surface area (Å²) in [5.41, 5.74) is 0. The van der Waals surface area contributed by atoms with Crippen LogP contribution in [-0.4, -0.2) is 33.4 Å². The van der Waals surface area contributed by atoms with Gasteiger partial charge in [-0.2, -0.15) is 0 Å². The Morgan fingerprint density at radius 2 is 1.73 bits per heavy atom. The molecule has 0 spiro atoms. The van der Waals surface area contributed by atoms with Gasteiger partial charge in [0, 0.05) is 0 Å². The van der Waals surface area contributed by atoms with Crippen LogP contribution < -0.4 is 0 Å². The van der Waals surface area contributed by atoms with Crippen molar-refractivity contribution in [1.29, 1.82) is 0 Å². The van der Waals surface area contributed by atoms with Gasteiger partial charge in [-0.05, 0) is 19.3 Å². The van der Waals surface area contributed by atoms with Crippen LogP contribution in [0, 0.1) is 5.92 Å². The van der Waals surface area contributed by atoms with E-state index < -0.39 is 11.0 Å². The Kier molecular flexibility index (Phi) is 9.16. The third-order valence-electron chi connectivity index (χ3n) is 1.07. The Bertz CT molecular complexity index is 148. The first-order valence-corrected chi connectivity index (χ1v) is 4.43. The van der Waals surface area contributed by atoms with E-state index in [9.17, 15) is 8.42 Å². The molecule has 0 amide bonds. The van der Waals surface area contributed by atoms with Gasteiger partial charge >= 0.3 is 18.9 Å². The van der Waals surface area contributed by atoms with Crippen LogP contribution in [0.15, 0.2) is 0 Å². The van der Waals surface area contributed by atoms with Crippen molar-refractivity contribution >= 4 is 29.8 Å². The first-order valence-electron chi connectivity index (χ1n) is 3.33. The van der Waals surface area contributed by atoms with Crippen LogP contribution in [0.5, 0.6) is 0 Å². The Labute approximate surface area is 81.8 Å². The first-order chi connectivity index (χ1) is 4.52. The molecule has 3 nitrogen and oxygen atoms in total. The molecule has 5 heteroatoms. The predicted octanol–water partition coefficient (Wildman–Crippen LogP) is 0.315. The van der Waals surface area contributed by atoms with E-state index in [1.54, 1.807) is 6.92 Å². The summed E-state index contributed by atoms with van der Waals surface area (Å²) in [6, 6.07) is 0. The Balaban J connectivity index is 0. The molecule has 0 saturated carbocycles. The molecule has 0 aromatic heterocycles. The molecule has 0 aromatic carbocycles. The molecule has 1 atom stereocenters. The van der Waals surface area contributed by atoms with Crippen molar-refractivity contribution in [3.05, 3.63) is 0 Å². The molecular formula is C6H15LiO3S. The third-order valence-corrected chi connectivity index (χ3v) is 1.60. The van der Waals surface area contributed by atoms with Crippen LogP contribution in [0.3, 0.4) is 0 Å². The second-order valence-corrected chi connectivity index (χ2v) is 3.43. The van der Waals surface area contributed by atoms with Crippen LogP contribution in [0.4, 0.5) is 0 Å². The minimum atomic E-state index is -2.67. The van der Waals surface area contributed by atoms with Crippen LogP contribution in [0.1, 0.15) is 27.2 Å². The molecule has 0 saturated heterocycles. The molecule has 0 fully saturated rings. The van der Waals surface area contributed by atoms with Gasteiger partial charge in [0.05, 0.1) is 6.10 Å². The summed E-state index contributed by atoms with van der Waals surface area (Å²) in [5, 5.41) is 0. The summed E-state index contributed by atoms with van der Waals surface area (Å²) >= 11 is 0. The van der Waals surface area contributed by atoms with E-state index in [0.29, 0.717) is 5.92 Å². The van der Waals surface area contributed by atoms with E-state index in [1.807, 2.05) is 13.8 Å². The summed E-state index contributed by atoms with van der Waals surface area (Å²) in [4.78, 5) is 0. The molecule has 0 rings (SSSR count).